The van der Waals surface area contributed by atoms with Gasteiger partial charge in [-0.05, 0) is 55.5 Å². The van der Waals surface area contributed by atoms with E-state index in [9.17, 15) is 14.4 Å². The van der Waals surface area contributed by atoms with E-state index in [0.717, 1.165) is 11.1 Å². The van der Waals surface area contributed by atoms with Gasteiger partial charge in [-0.25, -0.2) is 4.98 Å². The molecular formula is C24H23N5O4. The summed E-state index contributed by atoms with van der Waals surface area (Å²) in [5, 5.41) is 16.8. The highest BCUT2D eigenvalue weighted by molar-refractivity contribution is 6.01. The lowest BCUT2D eigenvalue weighted by molar-refractivity contribution is -0.142. The molecule has 1 saturated carbocycles. The minimum absolute atomic E-state index is 0.0948. The molecule has 4 aromatic rings. The van der Waals surface area contributed by atoms with Crippen LogP contribution in [0.1, 0.15) is 36.0 Å². The average Bonchev–Trinajstić information content (AvgIpc) is 3.25. The lowest BCUT2D eigenvalue weighted by Gasteiger charge is -2.26. The van der Waals surface area contributed by atoms with Crippen LogP contribution in [0.25, 0.3) is 27.7 Å². The van der Waals surface area contributed by atoms with Crippen LogP contribution in [0.5, 0.6) is 0 Å². The lowest BCUT2D eigenvalue weighted by Crippen LogP contribution is -2.39. The second-order valence-corrected chi connectivity index (χ2v) is 8.53. The first-order chi connectivity index (χ1) is 15.9. The number of fused-ring (bicyclic) bond motifs is 2. The number of rotatable bonds is 4. The SMILES string of the molecule is Cn1cc(-c2ccc3nc4c(C(=O)NC5CCC(C(=O)O)CC5)cccn4c(=O)c3c2)cn1. The third kappa shape index (κ3) is 3.86. The van der Waals surface area contributed by atoms with Gasteiger partial charge in [0.25, 0.3) is 11.5 Å². The van der Waals surface area contributed by atoms with Crippen molar-refractivity contribution in [1.82, 2.24) is 24.5 Å². The maximum Gasteiger partial charge on any atom is 0.306 e. The molecular weight excluding hydrogens is 422 g/mol. The highest BCUT2D eigenvalue weighted by Crippen LogP contribution is 2.25. The molecule has 0 saturated heterocycles. The van der Waals surface area contributed by atoms with Crippen LogP contribution in [0.15, 0.2) is 53.7 Å². The van der Waals surface area contributed by atoms with Crippen molar-refractivity contribution < 1.29 is 14.7 Å². The molecule has 0 spiro atoms. The van der Waals surface area contributed by atoms with Crippen LogP contribution < -0.4 is 10.9 Å². The standard InChI is InChI=1S/C24H23N5O4/c1-28-13-16(12-25-28)15-6-9-20-19(11-15)23(31)29-10-2-3-18(21(29)27-20)22(30)26-17-7-4-14(5-8-17)24(32)33/h2-3,6,9-14,17H,4-5,7-8H2,1H3,(H,26,30)(H,32,33). The van der Waals surface area contributed by atoms with E-state index in [2.05, 4.69) is 15.4 Å². The third-order valence-corrected chi connectivity index (χ3v) is 6.33. The van der Waals surface area contributed by atoms with Gasteiger partial charge in [0, 0.05) is 31.0 Å². The molecule has 1 amide bonds. The van der Waals surface area contributed by atoms with Crippen molar-refractivity contribution in [2.75, 3.05) is 0 Å². The quantitative estimate of drug-likeness (QED) is 0.466. The minimum Gasteiger partial charge on any atom is -0.481 e. The van der Waals surface area contributed by atoms with Gasteiger partial charge in [0.2, 0.25) is 0 Å². The number of nitrogens with one attached hydrogen (secondary N) is 1. The maximum atomic E-state index is 13.3. The summed E-state index contributed by atoms with van der Waals surface area (Å²) in [4.78, 5) is 42.1. The summed E-state index contributed by atoms with van der Waals surface area (Å²) in [6.45, 7) is 0. The normalized spacial score (nSPS) is 18.5. The van der Waals surface area contributed by atoms with Gasteiger partial charge in [-0.3, -0.25) is 23.5 Å². The van der Waals surface area contributed by atoms with E-state index in [-0.39, 0.29) is 23.4 Å². The molecule has 9 nitrogen and oxygen atoms in total. The molecule has 168 valence electrons. The number of pyridine rings is 1. The molecule has 1 fully saturated rings. The Kier molecular flexibility index (Phi) is 5.16. The monoisotopic (exact) mass is 445 g/mol. The Hall–Kier alpha value is -4.01. The van der Waals surface area contributed by atoms with Crippen molar-refractivity contribution in [2.45, 2.75) is 31.7 Å². The second-order valence-electron chi connectivity index (χ2n) is 8.53. The smallest absolute Gasteiger partial charge is 0.306 e. The number of carbonyl (C=O) groups excluding carboxylic acids is 1. The van der Waals surface area contributed by atoms with E-state index in [1.54, 1.807) is 41.3 Å². The fourth-order valence-corrected chi connectivity index (χ4v) is 4.50. The molecule has 0 atom stereocenters. The Balaban J connectivity index is 1.48. The number of carboxylic acid groups (broad SMARTS) is 1. The number of nitrogens with zero attached hydrogens (tertiary/aromatic N) is 4. The Morgan fingerprint density at radius 3 is 2.61 bits per heavy atom. The summed E-state index contributed by atoms with van der Waals surface area (Å²) in [5.41, 5.74) is 2.62. The van der Waals surface area contributed by atoms with Gasteiger partial charge in [-0.1, -0.05) is 6.07 Å². The zero-order chi connectivity index (χ0) is 23.1. The van der Waals surface area contributed by atoms with E-state index in [1.165, 1.54) is 4.40 Å². The van der Waals surface area contributed by atoms with Crippen molar-refractivity contribution in [3.8, 4) is 11.1 Å². The van der Waals surface area contributed by atoms with Crippen molar-refractivity contribution in [3.05, 3.63) is 64.8 Å². The highest BCUT2D eigenvalue weighted by Gasteiger charge is 2.27. The van der Waals surface area contributed by atoms with Crippen molar-refractivity contribution >= 4 is 28.4 Å². The van der Waals surface area contributed by atoms with Gasteiger partial charge < -0.3 is 10.4 Å². The molecule has 1 aromatic carbocycles. The van der Waals surface area contributed by atoms with E-state index < -0.39 is 5.97 Å². The second kappa shape index (κ2) is 8.16. The van der Waals surface area contributed by atoms with Crippen LogP contribution >= 0.6 is 0 Å². The summed E-state index contributed by atoms with van der Waals surface area (Å²) < 4.78 is 3.09. The number of amides is 1. The summed E-state index contributed by atoms with van der Waals surface area (Å²) in [6, 6.07) is 8.66. The van der Waals surface area contributed by atoms with Crippen molar-refractivity contribution in [2.24, 2.45) is 13.0 Å². The van der Waals surface area contributed by atoms with E-state index in [1.807, 2.05) is 19.3 Å². The van der Waals surface area contributed by atoms with Crippen LogP contribution in [0.4, 0.5) is 0 Å². The predicted molar refractivity (Wildman–Crippen MR) is 122 cm³/mol. The number of benzene rings is 1. The first kappa shape index (κ1) is 20.9. The maximum absolute atomic E-state index is 13.3. The number of hydrogen-bond acceptors (Lipinski definition) is 5. The van der Waals surface area contributed by atoms with Gasteiger partial charge in [0.05, 0.1) is 28.6 Å². The molecule has 5 rings (SSSR count). The van der Waals surface area contributed by atoms with E-state index in [4.69, 9.17) is 5.11 Å². The molecule has 33 heavy (non-hydrogen) atoms. The minimum atomic E-state index is -0.782. The number of aromatic nitrogens is 4. The van der Waals surface area contributed by atoms with Crippen LogP contribution in [-0.4, -0.2) is 42.2 Å². The first-order valence-electron chi connectivity index (χ1n) is 10.9. The fourth-order valence-electron chi connectivity index (χ4n) is 4.50. The van der Waals surface area contributed by atoms with Gasteiger partial charge in [0.1, 0.15) is 0 Å². The van der Waals surface area contributed by atoms with Gasteiger partial charge in [-0.15, -0.1) is 0 Å². The number of carboxylic acids is 1. The van der Waals surface area contributed by atoms with Crippen LogP contribution in [-0.2, 0) is 11.8 Å². The van der Waals surface area contributed by atoms with Crippen LogP contribution in [0, 0.1) is 5.92 Å². The zero-order valence-corrected chi connectivity index (χ0v) is 18.1. The fraction of sp³-hybridized carbons (Fsp3) is 0.292. The van der Waals surface area contributed by atoms with Crippen LogP contribution in [0.3, 0.4) is 0 Å². The molecule has 1 aliphatic carbocycles. The number of hydrogen-bond donors (Lipinski definition) is 2. The molecule has 0 unspecified atom stereocenters. The Bertz CT molecular complexity index is 1450. The third-order valence-electron chi connectivity index (χ3n) is 6.33. The van der Waals surface area contributed by atoms with E-state index >= 15 is 0 Å². The van der Waals surface area contributed by atoms with Gasteiger partial charge in [0.15, 0.2) is 5.65 Å². The lowest BCUT2D eigenvalue weighted by atomic mass is 9.86. The summed E-state index contributed by atoms with van der Waals surface area (Å²) in [7, 11) is 1.83. The molecule has 2 N–H and O–H groups in total. The van der Waals surface area contributed by atoms with Crippen LogP contribution in [0.2, 0.25) is 0 Å². The van der Waals surface area contributed by atoms with Crippen molar-refractivity contribution in [1.29, 1.82) is 0 Å². The predicted octanol–water partition coefficient (Wildman–Crippen LogP) is 2.62. The molecule has 3 aromatic heterocycles. The zero-order valence-electron chi connectivity index (χ0n) is 18.1. The molecule has 0 radical (unpaired) electrons. The number of carbonyl (C=O) groups is 2. The number of aliphatic carboxylic acids is 1. The van der Waals surface area contributed by atoms with E-state index in [0.29, 0.717) is 47.8 Å². The Morgan fingerprint density at radius 2 is 1.91 bits per heavy atom. The summed E-state index contributed by atoms with van der Waals surface area (Å²) in [5.74, 6) is -1.44. The Labute approximate surface area is 188 Å². The van der Waals surface area contributed by atoms with Crippen molar-refractivity contribution in [3.63, 3.8) is 0 Å². The first-order valence-corrected chi connectivity index (χ1v) is 10.9. The van der Waals surface area contributed by atoms with Gasteiger partial charge in [-0.2, -0.15) is 5.10 Å². The number of aryl methyl sites for hydroxylation is 1. The topological polar surface area (TPSA) is 119 Å². The summed E-state index contributed by atoms with van der Waals surface area (Å²) >= 11 is 0. The molecule has 9 heteroatoms. The molecule has 0 aliphatic heterocycles. The molecule has 1 aliphatic rings. The largest absolute Gasteiger partial charge is 0.481 e. The molecule has 3 heterocycles. The Morgan fingerprint density at radius 1 is 1.12 bits per heavy atom. The average molecular weight is 445 g/mol. The molecule has 0 bridgehead atoms. The summed E-state index contributed by atoms with van der Waals surface area (Å²) in [6.07, 6.45) is 7.52. The highest BCUT2D eigenvalue weighted by atomic mass is 16.4. The van der Waals surface area contributed by atoms with Gasteiger partial charge >= 0.3 is 5.97 Å².